The summed E-state index contributed by atoms with van der Waals surface area (Å²) in [4.78, 5) is 37.2. The number of carbonyl (C=O) groups is 3. The monoisotopic (exact) mass is 480 g/mol. The second-order valence-corrected chi connectivity index (χ2v) is 9.24. The molecule has 0 atom stereocenters. The molecule has 2 aromatic carbocycles. The van der Waals surface area contributed by atoms with E-state index < -0.39 is 12.1 Å². The Morgan fingerprint density at radius 2 is 1.54 bits per heavy atom. The number of alkyl carbamates (subject to hydrolysis) is 1. The molecule has 2 amide bonds. The van der Waals surface area contributed by atoms with Crippen molar-refractivity contribution >= 4 is 18.0 Å². The highest BCUT2D eigenvalue weighted by atomic mass is 16.5. The first-order valence-electron chi connectivity index (χ1n) is 12.5. The third kappa shape index (κ3) is 7.31. The van der Waals surface area contributed by atoms with Crippen LogP contribution in [0.2, 0.25) is 0 Å². The summed E-state index contributed by atoms with van der Waals surface area (Å²) in [5.41, 5.74) is 4.77. The summed E-state index contributed by atoms with van der Waals surface area (Å²) < 4.78 is 5.54. The molecule has 0 heterocycles. The minimum Gasteiger partial charge on any atom is -0.481 e. The van der Waals surface area contributed by atoms with E-state index in [1.807, 2.05) is 38.1 Å². The zero-order chi connectivity index (χ0) is 25.2. The number of hydrogen-bond acceptors (Lipinski definition) is 4. The number of carboxylic acids is 1. The molecule has 3 rings (SSSR count). The Bertz CT molecular complexity index is 974. The predicted octanol–water partition coefficient (Wildman–Crippen LogP) is 5.19. The number of ether oxygens (including phenoxy) is 1. The number of nitrogens with zero attached hydrogens (tertiary/aromatic N) is 1. The third-order valence-electron chi connectivity index (χ3n) is 6.41. The largest absolute Gasteiger partial charge is 0.481 e. The van der Waals surface area contributed by atoms with Crippen molar-refractivity contribution in [2.24, 2.45) is 0 Å². The van der Waals surface area contributed by atoms with E-state index in [0.717, 1.165) is 19.3 Å². The number of rotatable bonds is 13. The molecule has 0 fully saturated rings. The maximum absolute atomic E-state index is 12.5. The van der Waals surface area contributed by atoms with Gasteiger partial charge in [-0.25, -0.2) is 4.79 Å². The quantitative estimate of drug-likeness (QED) is 0.385. The molecular formula is C28H36N2O5. The Morgan fingerprint density at radius 1 is 0.914 bits per heavy atom. The van der Waals surface area contributed by atoms with Gasteiger partial charge in [0, 0.05) is 37.9 Å². The lowest BCUT2D eigenvalue weighted by Gasteiger charge is -2.26. The van der Waals surface area contributed by atoms with Crippen molar-refractivity contribution in [3.05, 3.63) is 59.7 Å². The first-order valence-corrected chi connectivity index (χ1v) is 12.5. The molecule has 1 aliphatic rings. The van der Waals surface area contributed by atoms with E-state index in [0.29, 0.717) is 32.5 Å². The predicted molar refractivity (Wildman–Crippen MR) is 135 cm³/mol. The second-order valence-electron chi connectivity index (χ2n) is 9.24. The minimum absolute atomic E-state index is 0.0403. The van der Waals surface area contributed by atoms with Crippen LogP contribution in [0.1, 0.15) is 69.4 Å². The van der Waals surface area contributed by atoms with E-state index in [-0.39, 0.29) is 24.3 Å². The van der Waals surface area contributed by atoms with Crippen LogP contribution in [-0.2, 0) is 14.3 Å². The molecule has 188 valence electrons. The van der Waals surface area contributed by atoms with E-state index in [1.165, 1.54) is 22.3 Å². The zero-order valence-corrected chi connectivity index (χ0v) is 20.7. The summed E-state index contributed by atoms with van der Waals surface area (Å²) >= 11 is 0. The van der Waals surface area contributed by atoms with Crippen molar-refractivity contribution in [3.63, 3.8) is 0 Å². The van der Waals surface area contributed by atoms with Gasteiger partial charge in [-0.1, -0.05) is 55.0 Å². The van der Waals surface area contributed by atoms with Gasteiger partial charge in [-0.2, -0.15) is 0 Å². The number of carboxylic acid groups (broad SMARTS) is 1. The Morgan fingerprint density at radius 3 is 2.14 bits per heavy atom. The van der Waals surface area contributed by atoms with Crippen LogP contribution in [0.4, 0.5) is 4.79 Å². The molecule has 0 saturated carbocycles. The Balaban J connectivity index is 1.34. The summed E-state index contributed by atoms with van der Waals surface area (Å²) in [7, 11) is 0. The summed E-state index contributed by atoms with van der Waals surface area (Å²) in [6.45, 7) is 5.14. The van der Waals surface area contributed by atoms with Gasteiger partial charge in [0.1, 0.15) is 6.61 Å². The molecule has 0 radical (unpaired) electrons. The van der Waals surface area contributed by atoms with Crippen molar-refractivity contribution in [2.45, 2.75) is 64.3 Å². The van der Waals surface area contributed by atoms with E-state index >= 15 is 0 Å². The topological polar surface area (TPSA) is 95.9 Å². The maximum atomic E-state index is 12.5. The lowest BCUT2D eigenvalue weighted by molar-refractivity contribution is -0.138. The van der Waals surface area contributed by atoms with Crippen LogP contribution in [0, 0.1) is 0 Å². The number of amides is 2. The van der Waals surface area contributed by atoms with Crippen molar-refractivity contribution in [2.75, 3.05) is 19.7 Å². The van der Waals surface area contributed by atoms with Crippen LogP contribution in [-0.4, -0.2) is 53.7 Å². The zero-order valence-electron chi connectivity index (χ0n) is 20.7. The molecule has 1 aliphatic carbocycles. The molecule has 2 N–H and O–H groups in total. The van der Waals surface area contributed by atoms with Gasteiger partial charge in [-0.3, -0.25) is 9.59 Å². The summed E-state index contributed by atoms with van der Waals surface area (Å²) in [5.74, 6) is -0.751. The van der Waals surface area contributed by atoms with Crippen molar-refractivity contribution in [3.8, 4) is 11.1 Å². The molecule has 0 aromatic heterocycles. The van der Waals surface area contributed by atoms with Crippen molar-refractivity contribution in [1.82, 2.24) is 10.2 Å². The van der Waals surface area contributed by atoms with E-state index in [9.17, 15) is 14.4 Å². The fourth-order valence-electron chi connectivity index (χ4n) is 4.63. The number of nitrogens with one attached hydrogen (secondary N) is 1. The molecule has 2 aromatic rings. The Hall–Kier alpha value is -3.35. The van der Waals surface area contributed by atoms with Crippen LogP contribution in [0.25, 0.3) is 11.1 Å². The van der Waals surface area contributed by atoms with Gasteiger partial charge in [0.15, 0.2) is 0 Å². The first kappa shape index (κ1) is 26.3. The summed E-state index contributed by atoms with van der Waals surface area (Å²) in [6.07, 6.45) is 2.84. The van der Waals surface area contributed by atoms with Gasteiger partial charge in [0.25, 0.3) is 0 Å². The van der Waals surface area contributed by atoms with Gasteiger partial charge in [0.05, 0.1) is 0 Å². The van der Waals surface area contributed by atoms with E-state index in [4.69, 9.17) is 9.84 Å². The maximum Gasteiger partial charge on any atom is 0.407 e. The molecule has 35 heavy (non-hydrogen) atoms. The second kappa shape index (κ2) is 12.9. The lowest BCUT2D eigenvalue weighted by atomic mass is 9.98. The standard InChI is InChI=1S/C28H36N2O5/c1-20(2)30(18-10-16-27(32)33)26(31)15-4-3-9-17-29-28(34)35-19-25-23-13-7-5-11-21(23)22-12-6-8-14-24(22)25/h5-8,11-14,20,25H,3-4,9-10,15-19H2,1-2H3,(H,29,34)(H,32,33). The number of unbranched alkanes of at least 4 members (excludes halogenated alkanes) is 2. The highest BCUT2D eigenvalue weighted by Gasteiger charge is 2.28. The normalized spacial score (nSPS) is 12.2. The van der Waals surface area contributed by atoms with Crippen LogP contribution < -0.4 is 5.32 Å². The fraction of sp³-hybridized carbons (Fsp3) is 0.464. The summed E-state index contributed by atoms with van der Waals surface area (Å²) in [6, 6.07) is 16.5. The molecular weight excluding hydrogens is 444 g/mol. The van der Waals surface area contributed by atoms with Gasteiger partial charge in [-0.05, 0) is 55.4 Å². The lowest BCUT2D eigenvalue weighted by Crippen LogP contribution is -2.37. The number of carbonyl (C=O) groups excluding carboxylic acids is 2. The Labute approximate surface area is 207 Å². The first-order chi connectivity index (χ1) is 16.9. The van der Waals surface area contributed by atoms with Gasteiger partial charge >= 0.3 is 12.1 Å². The van der Waals surface area contributed by atoms with Crippen molar-refractivity contribution < 1.29 is 24.2 Å². The molecule has 0 unspecified atom stereocenters. The number of aliphatic carboxylic acids is 1. The molecule has 0 bridgehead atoms. The van der Waals surface area contributed by atoms with Crippen molar-refractivity contribution in [1.29, 1.82) is 0 Å². The highest BCUT2D eigenvalue weighted by molar-refractivity contribution is 5.79. The average molecular weight is 481 g/mol. The highest BCUT2D eigenvalue weighted by Crippen LogP contribution is 2.44. The smallest absolute Gasteiger partial charge is 0.407 e. The molecule has 0 aliphatic heterocycles. The molecule has 0 spiro atoms. The van der Waals surface area contributed by atoms with Crippen LogP contribution in [0.3, 0.4) is 0 Å². The molecule has 0 saturated heterocycles. The van der Waals surface area contributed by atoms with Gasteiger partial charge in [0.2, 0.25) is 5.91 Å². The Kier molecular flexibility index (Phi) is 9.70. The molecule has 7 heteroatoms. The van der Waals surface area contributed by atoms with Gasteiger partial charge in [-0.15, -0.1) is 0 Å². The SMILES string of the molecule is CC(C)N(CCCC(=O)O)C(=O)CCCCCNC(=O)OCC1c2ccccc2-c2ccccc21. The average Bonchev–Trinajstić information content (AvgIpc) is 3.16. The van der Waals surface area contributed by atoms with E-state index in [2.05, 4.69) is 29.6 Å². The number of hydrogen-bond donors (Lipinski definition) is 2. The molecule has 7 nitrogen and oxygen atoms in total. The van der Waals surface area contributed by atoms with E-state index in [1.54, 1.807) is 4.90 Å². The van der Waals surface area contributed by atoms with Crippen LogP contribution >= 0.6 is 0 Å². The fourth-order valence-corrected chi connectivity index (χ4v) is 4.63. The van der Waals surface area contributed by atoms with Crippen LogP contribution in [0.5, 0.6) is 0 Å². The van der Waals surface area contributed by atoms with Gasteiger partial charge < -0.3 is 20.1 Å². The summed E-state index contributed by atoms with van der Waals surface area (Å²) in [5, 5.41) is 11.6. The third-order valence-corrected chi connectivity index (χ3v) is 6.41. The number of benzene rings is 2. The van der Waals surface area contributed by atoms with Crippen LogP contribution in [0.15, 0.2) is 48.5 Å². The number of fused-ring (bicyclic) bond motifs is 3. The minimum atomic E-state index is -0.843.